The molecule has 1 saturated heterocycles. The van der Waals surface area contributed by atoms with E-state index < -0.39 is 6.09 Å². The molecule has 3 heterocycles. The van der Waals surface area contributed by atoms with Gasteiger partial charge in [-0.2, -0.15) is 4.98 Å². The summed E-state index contributed by atoms with van der Waals surface area (Å²) in [6.45, 7) is 2.82. The van der Waals surface area contributed by atoms with Gasteiger partial charge in [-0.3, -0.25) is 9.78 Å². The van der Waals surface area contributed by atoms with E-state index in [4.69, 9.17) is 5.11 Å². The van der Waals surface area contributed by atoms with Crippen LogP contribution in [0.25, 0.3) is 0 Å². The van der Waals surface area contributed by atoms with Crippen LogP contribution in [0.4, 0.5) is 16.6 Å². The number of amides is 1. The Kier molecular flexibility index (Phi) is 3.44. The Labute approximate surface area is 122 Å². The average molecular weight is 293 g/mol. The lowest BCUT2D eigenvalue weighted by Crippen LogP contribution is -2.49. The predicted octanol–water partition coefficient (Wildman–Crippen LogP) is -0.0477. The predicted molar refractivity (Wildman–Crippen MR) is 78.3 cm³/mol. The molecule has 0 unspecified atom stereocenters. The van der Waals surface area contributed by atoms with E-state index in [0.29, 0.717) is 32.1 Å². The molecular formula is C13H19N5O3. The topological polar surface area (TPSA) is 92.8 Å². The molecule has 21 heavy (non-hydrogen) atoms. The third-order valence-electron chi connectivity index (χ3n) is 4.11. The van der Waals surface area contributed by atoms with Gasteiger partial charge < -0.3 is 19.8 Å². The maximum atomic E-state index is 12.2. The summed E-state index contributed by atoms with van der Waals surface area (Å²) in [5.74, 6) is 1.29. The lowest BCUT2D eigenvalue weighted by Gasteiger charge is -2.34. The summed E-state index contributed by atoms with van der Waals surface area (Å²) in [4.78, 5) is 35.8. The van der Waals surface area contributed by atoms with Crippen LogP contribution in [0.5, 0.6) is 0 Å². The second-order valence-electron chi connectivity index (χ2n) is 5.47. The van der Waals surface area contributed by atoms with Crippen molar-refractivity contribution in [1.82, 2.24) is 14.9 Å². The first-order valence-electron chi connectivity index (χ1n) is 7.13. The minimum atomic E-state index is -0.902. The normalized spacial score (nSPS) is 18.6. The van der Waals surface area contributed by atoms with Crippen LogP contribution >= 0.6 is 0 Å². The number of fused-ring (bicyclic) bond motifs is 1. The Morgan fingerprint density at radius 1 is 1.24 bits per heavy atom. The zero-order valence-corrected chi connectivity index (χ0v) is 12.0. The van der Waals surface area contributed by atoms with Crippen LogP contribution in [0.15, 0.2) is 4.79 Å². The summed E-state index contributed by atoms with van der Waals surface area (Å²) in [7, 11) is 1.94. The summed E-state index contributed by atoms with van der Waals surface area (Å²) in [6.07, 6.45) is 0.821. The Morgan fingerprint density at radius 2 is 1.95 bits per heavy atom. The van der Waals surface area contributed by atoms with E-state index in [1.807, 2.05) is 16.8 Å². The number of anilines is 2. The molecule has 1 amide bonds. The van der Waals surface area contributed by atoms with Crippen LogP contribution in [0.3, 0.4) is 0 Å². The molecule has 0 saturated carbocycles. The first-order valence-corrected chi connectivity index (χ1v) is 7.13. The molecule has 2 aliphatic heterocycles. The molecule has 114 valence electrons. The van der Waals surface area contributed by atoms with Gasteiger partial charge >= 0.3 is 6.09 Å². The average Bonchev–Trinajstić information content (AvgIpc) is 2.48. The molecule has 0 bridgehead atoms. The lowest BCUT2D eigenvalue weighted by atomic mass is 10.1. The number of nitrogens with one attached hydrogen (secondary N) is 1. The molecule has 3 rings (SSSR count). The number of rotatable bonds is 1. The van der Waals surface area contributed by atoms with E-state index in [0.717, 1.165) is 30.8 Å². The molecule has 0 atom stereocenters. The van der Waals surface area contributed by atoms with Crippen molar-refractivity contribution in [2.75, 3.05) is 49.6 Å². The second-order valence-corrected chi connectivity index (χ2v) is 5.47. The number of H-pyrrole nitrogens is 1. The van der Waals surface area contributed by atoms with Gasteiger partial charge in [0.1, 0.15) is 5.82 Å². The fraction of sp³-hybridized carbons (Fsp3) is 0.615. The van der Waals surface area contributed by atoms with Gasteiger partial charge in [0.2, 0.25) is 5.95 Å². The van der Waals surface area contributed by atoms with E-state index in [1.165, 1.54) is 4.90 Å². The quantitative estimate of drug-likeness (QED) is 0.754. The van der Waals surface area contributed by atoms with Gasteiger partial charge in [0.25, 0.3) is 5.56 Å². The van der Waals surface area contributed by atoms with Gasteiger partial charge in [-0.25, -0.2) is 4.79 Å². The molecule has 1 aromatic rings. The minimum Gasteiger partial charge on any atom is -0.465 e. The fourth-order valence-corrected chi connectivity index (χ4v) is 2.87. The Balaban J connectivity index is 1.84. The zero-order valence-electron chi connectivity index (χ0n) is 12.0. The first kappa shape index (κ1) is 13.7. The van der Waals surface area contributed by atoms with Gasteiger partial charge in [-0.05, 0) is 12.8 Å². The molecule has 0 spiro atoms. The van der Waals surface area contributed by atoms with Crippen molar-refractivity contribution in [3.8, 4) is 0 Å². The summed E-state index contributed by atoms with van der Waals surface area (Å²) in [6, 6.07) is 0. The molecule has 0 aliphatic carbocycles. The van der Waals surface area contributed by atoms with Crippen molar-refractivity contribution in [2.24, 2.45) is 0 Å². The molecule has 1 aromatic heterocycles. The molecule has 8 heteroatoms. The Morgan fingerprint density at radius 3 is 2.62 bits per heavy atom. The number of aromatic amines is 1. The SMILES string of the molecule is CN1CCCc2c1nc(N1CCN(C(=O)O)CC1)[nH]c2=O. The summed E-state index contributed by atoms with van der Waals surface area (Å²) in [5.41, 5.74) is 0.666. The smallest absolute Gasteiger partial charge is 0.407 e. The van der Waals surface area contributed by atoms with E-state index in [-0.39, 0.29) is 5.56 Å². The van der Waals surface area contributed by atoms with Gasteiger partial charge in [0.15, 0.2) is 0 Å². The first-order chi connectivity index (χ1) is 10.1. The highest BCUT2D eigenvalue weighted by atomic mass is 16.4. The van der Waals surface area contributed by atoms with Gasteiger partial charge in [0.05, 0.1) is 5.56 Å². The van der Waals surface area contributed by atoms with E-state index in [1.54, 1.807) is 0 Å². The highest BCUT2D eigenvalue weighted by Gasteiger charge is 2.25. The minimum absolute atomic E-state index is 0.0813. The third-order valence-corrected chi connectivity index (χ3v) is 4.11. The molecule has 1 fully saturated rings. The molecule has 0 aromatic carbocycles. The number of nitrogens with zero attached hydrogens (tertiary/aromatic N) is 4. The van der Waals surface area contributed by atoms with E-state index >= 15 is 0 Å². The molecule has 2 N–H and O–H groups in total. The van der Waals surface area contributed by atoms with Crippen LogP contribution in [0.2, 0.25) is 0 Å². The fourth-order valence-electron chi connectivity index (χ4n) is 2.87. The summed E-state index contributed by atoms with van der Waals surface area (Å²) >= 11 is 0. The number of hydrogen-bond donors (Lipinski definition) is 2. The maximum Gasteiger partial charge on any atom is 0.407 e. The highest BCUT2D eigenvalue weighted by molar-refractivity contribution is 5.65. The Hall–Kier alpha value is -2.25. The van der Waals surface area contributed by atoms with Crippen LogP contribution in [0.1, 0.15) is 12.0 Å². The molecular weight excluding hydrogens is 274 g/mol. The Bertz CT molecular complexity index is 606. The largest absolute Gasteiger partial charge is 0.465 e. The number of aromatic nitrogens is 2. The van der Waals surface area contributed by atoms with Crippen LogP contribution in [0, 0.1) is 0 Å². The molecule has 0 radical (unpaired) electrons. The van der Waals surface area contributed by atoms with Crippen molar-refractivity contribution in [1.29, 1.82) is 0 Å². The van der Waals surface area contributed by atoms with Crippen molar-refractivity contribution >= 4 is 17.9 Å². The van der Waals surface area contributed by atoms with E-state index in [9.17, 15) is 9.59 Å². The number of carbonyl (C=O) groups is 1. The van der Waals surface area contributed by atoms with Gasteiger partial charge in [-0.15, -0.1) is 0 Å². The monoisotopic (exact) mass is 293 g/mol. The summed E-state index contributed by atoms with van der Waals surface area (Å²) < 4.78 is 0. The van der Waals surface area contributed by atoms with Crippen LogP contribution in [-0.4, -0.2) is 65.8 Å². The van der Waals surface area contributed by atoms with E-state index in [2.05, 4.69) is 9.97 Å². The third kappa shape index (κ3) is 2.53. The summed E-state index contributed by atoms with van der Waals surface area (Å²) in [5, 5.41) is 8.96. The van der Waals surface area contributed by atoms with Gasteiger partial charge in [0, 0.05) is 39.8 Å². The van der Waals surface area contributed by atoms with Crippen LogP contribution < -0.4 is 15.4 Å². The highest BCUT2D eigenvalue weighted by Crippen LogP contribution is 2.22. The van der Waals surface area contributed by atoms with Crippen molar-refractivity contribution in [3.63, 3.8) is 0 Å². The molecule has 8 nitrogen and oxygen atoms in total. The molecule has 2 aliphatic rings. The van der Waals surface area contributed by atoms with Crippen molar-refractivity contribution in [3.05, 3.63) is 15.9 Å². The zero-order chi connectivity index (χ0) is 15.0. The second kappa shape index (κ2) is 5.27. The van der Waals surface area contributed by atoms with Crippen LogP contribution in [-0.2, 0) is 6.42 Å². The number of hydrogen-bond acceptors (Lipinski definition) is 5. The standard InChI is InChI=1S/C13H19N5O3/c1-16-4-2-3-9-10(16)14-12(15-11(9)19)17-5-7-18(8-6-17)13(20)21/h2-8H2,1H3,(H,20,21)(H,14,15,19). The lowest BCUT2D eigenvalue weighted by molar-refractivity contribution is 0.142. The number of piperazine rings is 1. The maximum absolute atomic E-state index is 12.2. The van der Waals surface area contributed by atoms with Gasteiger partial charge in [-0.1, -0.05) is 0 Å². The van der Waals surface area contributed by atoms with Crippen molar-refractivity contribution < 1.29 is 9.90 Å². The number of carboxylic acid groups (broad SMARTS) is 1. The van der Waals surface area contributed by atoms with Crippen molar-refractivity contribution in [2.45, 2.75) is 12.8 Å².